The van der Waals surface area contributed by atoms with Crippen LogP contribution >= 0.6 is 11.6 Å². The van der Waals surface area contributed by atoms with E-state index in [1.807, 2.05) is 0 Å². The van der Waals surface area contributed by atoms with Gasteiger partial charge in [-0.15, -0.1) is 0 Å². The number of hydrogen-bond acceptors (Lipinski definition) is 1. The highest BCUT2D eigenvalue weighted by Crippen LogP contribution is 2.60. The number of fused-ring (bicyclic) bond motifs is 1. The van der Waals surface area contributed by atoms with Gasteiger partial charge in [-0.2, -0.15) is 0 Å². The standard InChI is InChI=1S/C17H23ClFN/c1-2-9-20-17(14-10-11(19)7-8-15(14)18)16-12-5-3-4-6-13(12)16/h7-8,10,12-13,16-17,20H,2-6,9H2,1H3. The van der Waals surface area contributed by atoms with Gasteiger partial charge in [-0.25, -0.2) is 4.39 Å². The third-order valence-electron chi connectivity index (χ3n) is 5.02. The highest BCUT2D eigenvalue weighted by molar-refractivity contribution is 6.31. The fourth-order valence-electron chi connectivity index (χ4n) is 4.05. The molecule has 110 valence electrons. The van der Waals surface area contributed by atoms with Crippen molar-refractivity contribution in [3.05, 3.63) is 34.6 Å². The summed E-state index contributed by atoms with van der Waals surface area (Å²) in [6, 6.07) is 4.99. The summed E-state index contributed by atoms with van der Waals surface area (Å²) >= 11 is 6.33. The number of benzene rings is 1. The molecule has 3 heteroatoms. The third-order valence-corrected chi connectivity index (χ3v) is 5.36. The molecule has 3 rings (SSSR count). The largest absolute Gasteiger partial charge is 0.310 e. The molecule has 0 amide bonds. The Morgan fingerprint density at radius 1 is 1.30 bits per heavy atom. The van der Waals surface area contributed by atoms with Gasteiger partial charge in [0.1, 0.15) is 5.82 Å². The molecule has 0 aromatic heterocycles. The molecule has 2 aliphatic carbocycles. The second-order valence-electron chi connectivity index (χ2n) is 6.29. The van der Waals surface area contributed by atoms with E-state index in [1.165, 1.54) is 31.7 Å². The van der Waals surface area contributed by atoms with E-state index < -0.39 is 0 Å². The van der Waals surface area contributed by atoms with E-state index in [0.29, 0.717) is 10.9 Å². The quantitative estimate of drug-likeness (QED) is 0.810. The van der Waals surface area contributed by atoms with E-state index in [-0.39, 0.29) is 11.9 Å². The minimum atomic E-state index is -0.184. The first-order valence-electron chi connectivity index (χ1n) is 7.90. The zero-order valence-corrected chi connectivity index (χ0v) is 12.8. The molecule has 0 spiro atoms. The van der Waals surface area contributed by atoms with Gasteiger partial charge in [0, 0.05) is 11.1 Å². The van der Waals surface area contributed by atoms with Crippen molar-refractivity contribution >= 4 is 11.6 Å². The van der Waals surface area contributed by atoms with Gasteiger partial charge in [0.15, 0.2) is 0 Å². The SMILES string of the molecule is CCCNC(c1cc(F)ccc1Cl)C1C2CCCCC21. The van der Waals surface area contributed by atoms with Crippen molar-refractivity contribution in [3.63, 3.8) is 0 Å². The Labute approximate surface area is 125 Å². The van der Waals surface area contributed by atoms with Crippen molar-refractivity contribution in [1.82, 2.24) is 5.32 Å². The smallest absolute Gasteiger partial charge is 0.123 e. The fraction of sp³-hybridized carbons (Fsp3) is 0.647. The van der Waals surface area contributed by atoms with Gasteiger partial charge in [-0.3, -0.25) is 0 Å². The van der Waals surface area contributed by atoms with Crippen LogP contribution in [0.15, 0.2) is 18.2 Å². The molecular weight excluding hydrogens is 273 g/mol. The summed E-state index contributed by atoms with van der Waals surface area (Å²) in [5.74, 6) is 2.13. The van der Waals surface area contributed by atoms with Crippen molar-refractivity contribution < 1.29 is 4.39 Å². The van der Waals surface area contributed by atoms with E-state index in [2.05, 4.69) is 12.2 Å². The average Bonchev–Trinajstić information content (AvgIpc) is 3.17. The summed E-state index contributed by atoms with van der Waals surface area (Å²) in [6.07, 6.45) is 6.48. The zero-order valence-electron chi connectivity index (χ0n) is 12.0. The number of nitrogens with one attached hydrogen (secondary N) is 1. The first-order chi connectivity index (χ1) is 9.72. The van der Waals surface area contributed by atoms with Crippen LogP contribution < -0.4 is 5.32 Å². The molecule has 20 heavy (non-hydrogen) atoms. The van der Waals surface area contributed by atoms with Crippen LogP contribution in [-0.4, -0.2) is 6.54 Å². The molecule has 2 saturated carbocycles. The molecule has 0 bridgehead atoms. The second kappa shape index (κ2) is 6.03. The van der Waals surface area contributed by atoms with Crippen molar-refractivity contribution in [3.8, 4) is 0 Å². The van der Waals surface area contributed by atoms with Gasteiger partial charge in [0.25, 0.3) is 0 Å². The minimum absolute atomic E-state index is 0.184. The highest BCUT2D eigenvalue weighted by atomic mass is 35.5. The Morgan fingerprint density at radius 3 is 2.65 bits per heavy atom. The van der Waals surface area contributed by atoms with Gasteiger partial charge < -0.3 is 5.32 Å². The van der Waals surface area contributed by atoms with E-state index >= 15 is 0 Å². The first kappa shape index (κ1) is 14.3. The normalized spacial score (nSPS) is 29.9. The second-order valence-corrected chi connectivity index (χ2v) is 6.69. The molecule has 0 heterocycles. The van der Waals surface area contributed by atoms with Crippen molar-refractivity contribution in [2.24, 2.45) is 17.8 Å². The molecule has 0 radical (unpaired) electrons. The van der Waals surface area contributed by atoms with Crippen molar-refractivity contribution in [1.29, 1.82) is 0 Å². The van der Waals surface area contributed by atoms with Crippen LogP contribution in [0.4, 0.5) is 4.39 Å². The number of halogens is 2. The molecule has 3 atom stereocenters. The lowest BCUT2D eigenvalue weighted by Gasteiger charge is -2.21. The molecule has 1 aromatic carbocycles. The minimum Gasteiger partial charge on any atom is -0.310 e. The van der Waals surface area contributed by atoms with Gasteiger partial charge in [0.2, 0.25) is 0 Å². The van der Waals surface area contributed by atoms with Crippen molar-refractivity contribution in [2.75, 3.05) is 6.54 Å². The van der Waals surface area contributed by atoms with E-state index in [1.54, 1.807) is 12.1 Å². The Morgan fingerprint density at radius 2 is 2.00 bits per heavy atom. The Balaban J connectivity index is 1.84. The highest BCUT2D eigenvalue weighted by Gasteiger charge is 2.54. The van der Waals surface area contributed by atoms with Crippen LogP contribution in [0.25, 0.3) is 0 Å². The van der Waals surface area contributed by atoms with Crippen LogP contribution in [0.3, 0.4) is 0 Å². The van der Waals surface area contributed by atoms with Crippen LogP contribution in [0, 0.1) is 23.6 Å². The number of hydrogen-bond donors (Lipinski definition) is 1. The van der Waals surface area contributed by atoms with Gasteiger partial charge in [-0.1, -0.05) is 31.4 Å². The van der Waals surface area contributed by atoms with E-state index in [9.17, 15) is 4.39 Å². The molecule has 3 unspecified atom stereocenters. The zero-order chi connectivity index (χ0) is 14.1. The molecular formula is C17H23ClFN. The van der Waals surface area contributed by atoms with Crippen molar-refractivity contribution in [2.45, 2.75) is 45.1 Å². The predicted octanol–water partition coefficient (Wildman–Crippen LogP) is 4.96. The summed E-state index contributed by atoms with van der Waals surface area (Å²) in [6.45, 7) is 3.13. The van der Waals surface area contributed by atoms with Gasteiger partial charge >= 0.3 is 0 Å². The Kier molecular flexibility index (Phi) is 4.32. The third kappa shape index (κ3) is 2.73. The summed E-state index contributed by atoms with van der Waals surface area (Å²) in [7, 11) is 0. The average molecular weight is 296 g/mol. The maximum atomic E-state index is 13.6. The summed E-state index contributed by atoms with van der Waals surface area (Å²) < 4.78 is 13.6. The Hall–Kier alpha value is -0.600. The molecule has 0 aliphatic heterocycles. The van der Waals surface area contributed by atoms with Gasteiger partial charge in [0.05, 0.1) is 0 Å². The topological polar surface area (TPSA) is 12.0 Å². The molecule has 1 aromatic rings. The van der Waals surface area contributed by atoms with Crippen LogP contribution in [0.2, 0.25) is 5.02 Å². The molecule has 1 N–H and O–H groups in total. The molecule has 0 saturated heterocycles. The molecule has 2 fully saturated rings. The van der Waals surface area contributed by atoms with Crippen LogP contribution in [0.1, 0.15) is 50.6 Å². The van der Waals surface area contributed by atoms with E-state index in [0.717, 1.165) is 30.4 Å². The maximum absolute atomic E-state index is 13.6. The van der Waals surface area contributed by atoms with Crippen LogP contribution in [-0.2, 0) is 0 Å². The summed E-state index contributed by atoms with van der Waals surface area (Å²) in [4.78, 5) is 0. The lowest BCUT2D eigenvalue weighted by molar-refractivity contribution is 0.443. The lowest BCUT2D eigenvalue weighted by atomic mass is 9.99. The van der Waals surface area contributed by atoms with Crippen LogP contribution in [0.5, 0.6) is 0 Å². The number of rotatable bonds is 5. The lowest BCUT2D eigenvalue weighted by Crippen LogP contribution is -2.25. The summed E-state index contributed by atoms with van der Waals surface area (Å²) in [5.41, 5.74) is 0.958. The maximum Gasteiger partial charge on any atom is 0.123 e. The monoisotopic (exact) mass is 295 g/mol. The Bertz CT molecular complexity index is 464. The predicted molar refractivity (Wildman–Crippen MR) is 81.4 cm³/mol. The molecule has 1 nitrogen and oxygen atoms in total. The fourth-order valence-corrected chi connectivity index (χ4v) is 4.28. The van der Waals surface area contributed by atoms with E-state index in [4.69, 9.17) is 11.6 Å². The summed E-state index contributed by atoms with van der Waals surface area (Å²) in [5, 5.41) is 4.32. The van der Waals surface area contributed by atoms with Gasteiger partial charge in [-0.05, 0) is 67.3 Å². The first-order valence-corrected chi connectivity index (χ1v) is 8.28. The molecule has 2 aliphatic rings.